The molecule has 2 aliphatic rings. The number of carbonyl (C=O) groups is 2. The topological polar surface area (TPSA) is 53.5 Å². The number of aryl methyl sites for hydroxylation is 2. The lowest BCUT2D eigenvalue weighted by Gasteiger charge is -2.39. The molecule has 0 radical (unpaired) electrons. The molecule has 2 aliphatic heterocycles. The summed E-state index contributed by atoms with van der Waals surface area (Å²) in [7, 11) is 0. The predicted octanol–water partition coefficient (Wildman–Crippen LogP) is 3.48. The van der Waals surface area contributed by atoms with Crippen LogP contribution in [0.3, 0.4) is 0 Å². The van der Waals surface area contributed by atoms with Crippen LogP contribution in [0.15, 0.2) is 48.5 Å². The largest absolute Gasteiger partial charge is 0.342 e. The molecular formula is C24H29N3O2. The van der Waals surface area contributed by atoms with Gasteiger partial charge in [0, 0.05) is 31.9 Å². The highest BCUT2D eigenvalue weighted by Gasteiger charge is 2.49. The van der Waals surface area contributed by atoms with Crippen LogP contribution in [0.1, 0.15) is 47.4 Å². The second-order valence-electron chi connectivity index (χ2n) is 8.41. The molecule has 2 saturated heterocycles. The lowest BCUT2D eigenvalue weighted by Crippen LogP contribution is -2.50. The second-order valence-corrected chi connectivity index (χ2v) is 8.41. The molecule has 1 aromatic heterocycles. The first-order valence-electron chi connectivity index (χ1n) is 10.6. The van der Waals surface area contributed by atoms with Crippen LogP contribution in [0, 0.1) is 12.3 Å². The minimum atomic E-state index is -0.398. The summed E-state index contributed by atoms with van der Waals surface area (Å²) in [6.45, 7) is 4.68. The van der Waals surface area contributed by atoms with Crippen molar-refractivity contribution < 1.29 is 9.59 Å². The zero-order chi connectivity index (χ0) is 20.3. The van der Waals surface area contributed by atoms with E-state index >= 15 is 0 Å². The number of carbonyl (C=O) groups excluding carboxylic acids is 2. The van der Waals surface area contributed by atoms with Crippen LogP contribution in [0.25, 0.3) is 0 Å². The van der Waals surface area contributed by atoms with Crippen LogP contribution >= 0.6 is 0 Å². The zero-order valence-electron chi connectivity index (χ0n) is 17.1. The highest BCUT2D eigenvalue weighted by atomic mass is 16.2. The van der Waals surface area contributed by atoms with Crippen molar-refractivity contribution in [3.8, 4) is 0 Å². The zero-order valence-corrected chi connectivity index (χ0v) is 17.1. The van der Waals surface area contributed by atoms with Crippen LogP contribution in [0.4, 0.5) is 0 Å². The molecular weight excluding hydrogens is 362 g/mol. The summed E-state index contributed by atoms with van der Waals surface area (Å²) in [5.41, 5.74) is 2.23. The SMILES string of the molecule is Cc1cccc(C(=O)N2CCC3(CCCN(CCCc4ccccc4)C3=O)C2)n1. The van der Waals surface area contributed by atoms with E-state index in [9.17, 15) is 9.59 Å². The number of aromatic nitrogens is 1. The Morgan fingerprint density at radius 3 is 2.69 bits per heavy atom. The van der Waals surface area contributed by atoms with E-state index in [1.807, 2.05) is 34.9 Å². The molecule has 5 nitrogen and oxygen atoms in total. The second kappa shape index (κ2) is 8.36. The van der Waals surface area contributed by atoms with E-state index in [-0.39, 0.29) is 11.8 Å². The van der Waals surface area contributed by atoms with Crippen molar-refractivity contribution in [2.24, 2.45) is 5.41 Å². The van der Waals surface area contributed by atoms with Gasteiger partial charge in [0.05, 0.1) is 5.41 Å². The quantitative estimate of drug-likeness (QED) is 0.784. The van der Waals surface area contributed by atoms with Crippen LogP contribution in [0.5, 0.6) is 0 Å². The Morgan fingerprint density at radius 2 is 1.90 bits per heavy atom. The summed E-state index contributed by atoms with van der Waals surface area (Å²) in [5, 5.41) is 0. The van der Waals surface area contributed by atoms with Gasteiger partial charge in [0.15, 0.2) is 0 Å². The molecule has 0 saturated carbocycles. The summed E-state index contributed by atoms with van der Waals surface area (Å²) >= 11 is 0. The minimum absolute atomic E-state index is 0.0559. The van der Waals surface area contributed by atoms with Gasteiger partial charge in [-0.3, -0.25) is 9.59 Å². The van der Waals surface area contributed by atoms with Crippen molar-refractivity contribution in [2.45, 2.75) is 39.0 Å². The summed E-state index contributed by atoms with van der Waals surface area (Å²) in [4.78, 5) is 34.4. The Bertz CT molecular complexity index is 883. The van der Waals surface area contributed by atoms with Gasteiger partial charge in [-0.15, -0.1) is 0 Å². The number of amides is 2. The third-order valence-electron chi connectivity index (χ3n) is 6.31. The van der Waals surface area contributed by atoms with Gasteiger partial charge in [-0.2, -0.15) is 0 Å². The summed E-state index contributed by atoms with van der Waals surface area (Å²) in [6, 6.07) is 15.9. The fourth-order valence-electron chi connectivity index (χ4n) is 4.73. The van der Waals surface area contributed by atoms with Gasteiger partial charge in [-0.05, 0) is 56.7 Å². The third kappa shape index (κ3) is 4.19. The van der Waals surface area contributed by atoms with Crippen LogP contribution < -0.4 is 0 Å². The van der Waals surface area contributed by atoms with Crippen molar-refractivity contribution in [1.82, 2.24) is 14.8 Å². The minimum Gasteiger partial charge on any atom is -0.342 e. The van der Waals surface area contributed by atoms with Gasteiger partial charge in [-0.1, -0.05) is 36.4 Å². The Hall–Kier alpha value is -2.69. The van der Waals surface area contributed by atoms with Crippen molar-refractivity contribution >= 4 is 11.8 Å². The summed E-state index contributed by atoms with van der Waals surface area (Å²) < 4.78 is 0. The molecule has 152 valence electrons. The molecule has 4 rings (SSSR count). The molecule has 1 atom stereocenters. The number of rotatable bonds is 5. The summed E-state index contributed by atoms with van der Waals surface area (Å²) in [6.07, 6.45) is 4.62. The maximum atomic E-state index is 13.3. The van der Waals surface area contributed by atoms with E-state index in [4.69, 9.17) is 0 Å². The average molecular weight is 392 g/mol. The number of hydrogen-bond acceptors (Lipinski definition) is 3. The monoisotopic (exact) mass is 391 g/mol. The fourth-order valence-corrected chi connectivity index (χ4v) is 4.73. The first kappa shape index (κ1) is 19.6. The van der Waals surface area contributed by atoms with Crippen LogP contribution in [0.2, 0.25) is 0 Å². The van der Waals surface area contributed by atoms with Gasteiger partial charge in [0.1, 0.15) is 5.69 Å². The molecule has 2 aromatic rings. The van der Waals surface area contributed by atoms with Gasteiger partial charge in [0.2, 0.25) is 5.91 Å². The molecule has 0 aliphatic carbocycles. The number of hydrogen-bond donors (Lipinski definition) is 0. The molecule has 1 aromatic carbocycles. The molecule has 3 heterocycles. The van der Waals surface area contributed by atoms with Crippen molar-refractivity contribution in [3.63, 3.8) is 0 Å². The molecule has 2 fully saturated rings. The molecule has 1 spiro atoms. The van der Waals surface area contributed by atoms with Crippen LogP contribution in [-0.4, -0.2) is 52.8 Å². The Morgan fingerprint density at radius 1 is 1.07 bits per heavy atom. The van der Waals surface area contributed by atoms with Crippen molar-refractivity contribution in [1.29, 1.82) is 0 Å². The summed E-state index contributed by atoms with van der Waals surface area (Å²) in [5.74, 6) is 0.184. The molecule has 2 amide bonds. The van der Waals surface area contributed by atoms with Gasteiger partial charge in [-0.25, -0.2) is 4.98 Å². The van der Waals surface area contributed by atoms with E-state index in [1.54, 1.807) is 6.07 Å². The maximum absolute atomic E-state index is 13.3. The average Bonchev–Trinajstić information content (AvgIpc) is 3.16. The molecule has 1 unspecified atom stereocenters. The van der Waals surface area contributed by atoms with E-state index < -0.39 is 5.41 Å². The van der Waals surface area contributed by atoms with E-state index in [0.717, 1.165) is 50.9 Å². The number of likely N-dealkylation sites (tertiary alicyclic amines) is 2. The normalized spacial score (nSPS) is 21.8. The number of piperidine rings is 1. The van der Waals surface area contributed by atoms with Gasteiger partial charge < -0.3 is 9.80 Å². The fraction of sp³-hybridized carbons (Fsp3) is 0.458. The van der Waals surface area contributed by atoms with E-state index in [2.05, 4.69) is 29.2 Å². The maximum Gasteiger partial charge on any atom is 0.272 e. The van der Waals surface area contributed by atoms with Crippen molar-refractivity contribution in [3.05, 3.63) is 65.5 Å². The predicted molar refractivity (Wildman–Crippen MR) is 113 cm³/mol. The first-order valence-corrected chi connectivity index (χ1v) is 10.6. The highest BCUT2D eigenvalue weighted by Crippen LogP contribution is 2.40. The Labute approximate surface area is 172 Å². The number of benzene rings is 1. The number of nitrogens with zero attached hydrogens (tertiary/aromatic N) is 3. The Kier molecular flexibility index (Phi) is 5.65. The molecule has 29 heavy (non-hydrogen) atoms. The standard InChI is InChI=1S/C24H29N3O2/c1-19-8-5-12-21(25-19)22(28)27-17-14-24(18-27)13-7-16-26(23(24)29)15-6-11-20-9-3-2-4-10-20/h2-5,8-10,12H,6-7,11,13-18H2,1H3. The van der Waals surface area contributed by atoms with Gasteiger partial charge >= 0.3 is 0 Å². The third-order valence-corrected chi connectivity index (χ3v) is 6.31. The molecule has 5 heteroatoms. The first-order chi connectivity index (χ1) is 14.1. The Balaban J connectivity index is 1.37. The lowest BCUT2D eigenvalue weighted by atomic mass is 9.78. The molecule has 0 bridgehead atoms. The van der Waals surface area contributed by atoms with E-state index in [1.165, 1.54) is 5.56 Å². The van der Waals surface area contributed by atoms with Gasteiger partial charge in [0.25, 0.3) is 5.91 Å². The smallest absolute Gasteiger partial charge is 0.272 e. The highest BCUT2D eigenvalue weighted by molar-refractivity contribution is 5.94. The lowest BCUT2D eigenvalue weighted by molar-refractivity contribution is -0.145. The van der Waals surface area contributed by atoms with Crippen LogP contribution in [-0.2, 0) is 11.2 Å². The van der Waals surface area contributed by atoms with E-state index in [0.29, 0.717) is 18.8 Å². The molecule has 0 N–H and O–H groups in total. The van der Waals surface area contributed by atoms with Crippen molar-refractivity contribution in [2.75, 3.05) is 26.2 Å². The number of pyridine rings is 1.